The second-order valence-corrected chi connectivity index (χ2v) is 3.80. The van der Waals surface area contributed by atoms with Crippen molar-refractivity contribution in [3.05, 3.63) is 35.6 Å². The Kier molecular flexibility index (Phi) is 4.72. The first-order chi connectivity index (χ1) is 7.13. The van der Waals surface area contributed by atoms with Crippen LogP contribution in [0, 0.1) is 5.82 Å². The van der Waals surface area contributed by atoms with Gasteiger partial charge in [-0.15, -0.1) is 0 Å². The minimum absolute atomic E-state index is 0.198. The molecule has 2 nitrogen and oxygen atoms in total. The van der Waals surface area contributed by atoms with Crippen molar-refractivity contribution in [3.8, 4) is 0 Å². The first-order valence-electron chi connectivity index (χ1n) is 5.14. The molecule has 0 bridgehead atoms. The fourth-order valence-corrected chi connectivity index (χ4v) is 1.57. The third-order valence-electron chi connectivity index (χ3n) is 2.32. The Balaban J connectivity index is 2.53. The quantitative estimate of drug-likeness (QED) is 0.808. The summed E-state index contributed by atoms with van der Waals surface area (Å²) in [7, 11) is 1.68. The van der Waals surface area contributed by atoms with Crippen molar-refractivity contribution in [2.45, 2.75) is 25.9 Å². The van der Waals surface area contributed by atoms with E-state index in [0.717, 1.165) is 5.56 Å². The van der Waals surface area contributed by atoms with Gasteiger partial charge in [0.05, 0.1) is 6.61 Å². The predicted octanol–water partition coefficient (Wildman–Crippen LogP) is 2.51. The van der Waals surface area contributed by atoms with Crippen LogP contribution < -0.4 is 5.32 Å². The molecule has 15 heavy (non-hydrogen) atoms. The average molecular weight is 211 g/mol. The maximum Gasteiger partial charge on any atom is 0.123 e. The van der Waals surface area contributed by atoms with E-state index in [9.17, 15) is 4.39 Å². The molecule has 0 spiro atoms. The maximum absolute atomic E-state index is 12.7. The van der Waals surface area contributed by atoms with Gasteiger partial charge in [0.1, 0.15) is 5.82 Å². The third kappa shape index (κ3) is 3.98. The smallest absolute Gasteiger partial charge is 0.123 e. The number of halogens is 1. The molecular weight excluding hydrogens is 193 g/mol. The SMILES string of the molecule is COCC(C)N[C@@H](C)c1ccc(F)cc1. The molecule has 0 aliphatic rings. The summed E-state index contributed by atoms with van der Waals surface area (Å²) in [5.41, 5.74) is 1.08. The van der Waals surface area contributed by atoms with Crippen LogP contribution in [0.1, 0.15) is 25.5 Å². The molecule has 0 aliphatic heterocycles. The van der Waals surface area contributed by atoms with Crippen molar-refractivity contribution in [2.24, 2.45) is 0 Å². The van der Waals surface area contributed by atoms with Gasteiger partial charge >= 0.3 is 0 Å². The fourth-order valence-electron chi connectivity index (χ4n) is 1.57. The molecule has 0 heterocycles. The van der Waals surface area contributed by atoms with Crippen LogP contribution in [0.2, 0.25) is 0 Å². The van der Waals surface area contributed by atoms with E-state index in [0.29, 0.717) is 6.61 Å². The van der Waals surface area contributed by atoms with Crippen molar-refractivity contribution < 1.29 is 9.13 Å². The molecule has 0 aromatic heterocycles. The standard InChI is InChI=1S/C12H18FNO/c1-9(8-15-3)14-10(2)11-4-6-12(13)7-5-11/h4-7,9-10,14H,8H2,1-3H3/t9?,10-/m0/s1. The first-order valence-corrected chi connectivity index (χ1v) is 5.14. The van der Waals surface area contributed by atoms with Crippen LogP contribution in [0.25, 0.3) is 0 Å². The van der Waals surface area contributed by atoms with Gasteiger partial charge in [-0.05, 0) is 31.5 Å². The molecule has 1 aromatic carbocycles. The van der Waals surface area contributed by atoms with E-state index in [4.69, 9.17) is 4.74 Å². The molecule has 0 saturated carbocycles. The van der Waals surface area contributed by atoms with Gasteiger partial charge in [0.2, 0.25) is 0 Å². The molecule has 0 aliphatic carbocycles. The van der Waals surface area contributed by atoms with Crippen LogP contribution >= 0.6 is 0 Å². The van der Waals surface area contributed by atoms with E-state index in [1.165, 1.54) is 12.1 Å². The minimum Gasteiger partial charge on any atom is -0.383 e. The summed E-state index contributed by atoms with van der Waals surface area (Å²) in [6.45, 7) is 4.79. The molecule has 0 amide bonds. The average Bonchev–Trinajstić information content (AvgIpc) is 2.18. The Hall–Kier alpha value is -0.930. The molecule has 1 unspecified atom stereocenters. The van der Waals surface area contributed by atoms with Gasteiger partial charge in [-0.2, -0.15) is 0 Å². The number of rotatable bonds is 5. The number of nitrogens with one attached hydrogen (secondary N) is 1. The number of benzene rings is 1. The largest absolute Gasteiger partial charge is 0.383 e. The third-order valence-corrected chi connectivity index (χ3v) is 2.32. The second-order valence-electron chi connectivity index (χ2n) is 3.80. The summed E-state index contributed by atoms with van der Waals surface area (Å²) in [5.74, 6) is -0.198. The number of hydrogen-bond donors (Lipinski definition) is 1. The van der Waals surface area contributed by atoms with E-state index in [-0.39, 0.29) is 17.9 Å². The lowest BCUT2D eigenvalue weighted by Gasteiger charge is -2.19. The number of methoxy groups -OCH3 is 1. The lowest BCUT2D eigenvalue weighted by molar-refractivity contribution is 0.167. The van der Waals surface area contributed by atoms with Gasteiger partial charge in [-0.1, -0.05) is 12.1 Å². The fraction of sp³-hybridized carbons (Fsp3) is 0.500. The van der Waals surface area contributed by atoms with E-state index in [1.807, 2.05) is 0 Å². The van der Waals surface area contributed by atoms with E-state index < -0.39 is 0 Å². The molecule has 1 rings (SSSR count). The summed E-state index contributed by atoms with van der Waals surface area (Å²) in [6.07, 6.45) is 0. The molecule has 3 heteroatoms. The van der Waals surface area contributed by atoms with Gasteiger partial charge in [0, 0.05) is 19.2 Å². The lowest BCUT2D eigenvalue weighted by Crippen LogP contribution is -2.32. The Morgan fingerprint density at radius 2 is 1.87 bits per heavy atom. The molecule has 0 fully saturated rings. The summed E-state index contributed by atoms with van der Waals surface area (Å²) in [5, 5.41) is 3.37. The highest BCUT2D eigenvalue weighted by atomic mass is 19.1. The van der Waals surface area contributed by atoms with Crippen molar-refractivity contribution in [2.75, 3.05) is 13.7 Å². The molecule has 0 radical (unpaired) electrons. The zero-order valence-electron chi connectivity index (χ0n) is 9.46. The normalized spacial score (nSPS) is 14.9. The van der Waals surface area contributed by atoms with Crippen molar-refractivity contribution in [3.63, 3.8) is 0 Å². The molecule has 0 saturated heterocycles. The van der Waals surface area contributed by atoms with Crippen molar-refractivity contribution in [1.82, 2.24) is 5.32 Å². The van der Waals surface area contributed by atoms with Gasteiger partial charge in [0.15, 0.2) is 0 Å². The minimum atomic E-state index is -0.198. The Labute approximate surface area is 90.4 Å². The Morgan fingerprint density at radius 3 is 2.40 bits per heavy atom. The first kappa shape index (κ1) is 12.1. The number of ether oxygens (including phenoxy) is 1. The van der Waals surface area contributed by atoms with Gasteiger partial charge in [-0.3, -0.25) is 0 Å². The van der Waals surface area contributed by atoms with Crippen molar-refractivity contribution >= 4 is 0 Å². The summed E-state index contributed by atoms with van der Waals surface area (Å²) < 4.78 is 17.7. The summed E-state index contributed by atoms with van der Waals surface area (Å²) in [6, 6.07) is 7.05. The van der Waals surface area contributed by atoms with Gasteiger partial charge < -0.3 is 10.1 Å². The second kappa shape index (κ2) is 5.83. The lowest BCUT2D eigenvalue weighted by atomic mass is 10.1. The topological polar surface area (TPSA) is 21.3 Å². The van der Waals surface area contributed by atoms with E-state index in [1.54, 1.807) is 19.2 Å². The molecule has 2 atom stereocenters. The zero-order chi connectivity index (χ0) is 11.3. The van der Waals surface area contributed by atoms with Crippen LogP contribution in [0.15, 0.2) is 24.3 Å². The van der Waals surface area contributed by atoms with Crippen LogP contribution in [-0.2, 0) is 4.74 Å². The molecular formula is C12H18FNO. The highest BCUT2D eigenvalue weighted by Crippen LogP contribution is 2.13. The van der Waals surface area contributed by atoms with Gasteiger partial charge in [0.25, 0.3) is 0 Å². The van der Waals surface area contributed by atoms with Crippen LogP contribution in [-0.4, -0.2) is 19.8 Å². The summed E-state index contributed by atoms with van der Waals surface area (Å²) in [4.78, 5) is 0. The van der Waals surface area contributed by atoms with Gasteiger partial charge in [-0.25, -0.2) is 4.39 Å². The Bertz CT molecular complexity index is 286. The van der Waals surface area contributed by atoms with Crippen LogP contribution in [0.5, 0.6) is 0 Å². The molecule has 84 valence electrons. The maximum atomic E-state index is 12.7. The van der Waals surface area contributed by atoms with Crippen molar-refractivity contribution in [1.29, 1.82) is 0 Å². The van der Waals surface area contributed by atoms with Crippen LogP contribution in [0.4, 0.5) is 4.39 Å². The van der Waals surface area contributed by atoms with E-state index in [2.05, 4.69) is 19.2 Å². The Morgan fingerprint density at radius 1 is 1.27 bits per heavy atom. The molecule has 1 N–H and O–H groups in total. The zero-order valence-corrected chi connectivity index (χ0v) is 9.46. The van der Waals surface area contributed by atoms with Crippen LogP contribution in [0.3, 0.4) is 0 Å². The van der Waals surface area contributed by atoms with E-state index >= 15 is 0 Å². The highest BCUT2D eigenvalue weighted by molar-refractivity contribution is 5.19. The predicted molar refractivity (Wildman–Crippen MR) is 59.3 cm³/mol. The monoisotopic (exact) mass is 211 g/mol. The summed E-state index contributed by atoms with van der Waals surface area (Å²) >= 11 is 0. The molecule has 1 aromatic rings. The number of hydrogen-bond acceptors (Lipinski definition) is 2. The highest BCUT2D eigenvalue weighted by Gasteiger charge is 2.08.